The first kappa shape index (κ1) is 15.8. The molecule has 0 atom stereocenters. The van der Waals surface area contributed by atoms with Crippen molar-refractivity contribution in [1.29, 1.82) is 0 Å². The molecule has 114 valence electrons. The van der Waals surface area contributed by atoms with E-state index in [9.17, 15) is 4.79 Å². The van der Waals surface area contributed by atoms with E-state index in [0.717, 1.165) is 23.2 Å². The molecule has 0 aliphatic rings. The number of hydrogen-bond acceptors (Lipinski definition) is 3. The number of nitrogens with zero attached hydrogens (tertiary/aromatic N) is 1. The van der Waals surface area contributed by atoms with Crippen LogP contribution in [-0.4, -0.2) is 18.7 Å². The molecular formula is C18H20N2O2. The third kappa shape index (κ3) is 5.05. The molecule has 0 fully saturated rings. The first-order chi connectivity index (χ1) is 10.7. The fourth-order valence-electron chi connectivity index (χ4n) is 1.95. The van der Waals surface area contributed by atoms with E-state index in [1.165, 1.54) is 5.56 Å². The number of hydrogen-bond donors (Lipinski definition) is 1. The lowest BCUT2D eigenvalue weighted by molar-refractivity contribution is -0.120. The highest BCUT2D eigenvalue weighted by Crippen LogP contribution is 2.09. The Balaban J connectivity index is 1.77. The standard InChI is InChI=1S/C18H20N2O2/c1-3-15-7-9-16(10-8-15)12-19-22-13-18(21)20-17-6-4-5-14(2)11-17/h4-12H,3,13H2,1-2H3,(H,20,21)/b19-12-. The van der Waals surface area contributed by atoms with E-state index in [4.69, 9.17) is 4.84 Å². The number of benzene rings is 2. The Hall–Kier alpha value is -2.62. The normalized spacial score (nSPS) is 10.6. The van der Waals surface area contributed by atoms with E-state index in [2.05, 4.69) is 17.4 Å². The van der Waals surface area contributed by atoms with Crippen LogP contribution in [0.2, 0.25) is 0 Å². The third-order valence-electron chi connectivity index (χ3n) is 3.16. The summed E-state index contributed by atoms with van der Waals surface area (Å²) in [6.45, 7) is 3.97. The SMILES string of the molecule is CCc1ccc(/C=N\OCC(=O)Nc2cccc(C)c2)cc1. The summed E-state index contributed by atoms with van der Waals surface area (Å²) in [5.41, 5.74) is 4.06. The minimum Gasteiger partial charge on any atom is -0.386 e. The molecule has 0 unspecified atom stereocenters. The Labute approximate surface area is 130 Å². The van der Waals surface area contributed by atoms with Crippen LogP contribution in [0.1, 0.15) is 23.6 Å². The Morgan fingerprint density at radius 1 is 1.23 bits per heavy atom. The number of nitrogens with one attached hydrogen (secondary N) is 1. The van der Waals surface area contributed by atoms with Crippen molar-refractivity contribution in [2.75, 3.05) is 11.9 Å². The maximum Gasteiger partial charge on any atom is 0.265 e. The van der Waals surface area contributed by atoms with Crippen LogP contribution in [0.15, 0.2) is 53.7 Å². The van der Waals surface area contributed by atoms with E-state index in [1.807, 2.05) is 55.5 Å². The summed E-state index contributed by atoms with van der Waals surface area (Å²) in [7, 11) is 0. The van der Waals surface area contributed by atoms with Crippen molar-refractivity contribution in [1.82, 2.24) is 0 Å². The number of aryl methyl sites for hydroxylation is 2. The summed E-state index contributed by atoms with van der Waals surface area (Å²) in [6, 6.07) is 15.6. The zero-order chi connectivity index (χ0) is 15.8. The van der Waals surface area contributed by atoms with Gasteiger partial charge in [-0.15, -0.1) is 0 Å². The van der Waals surface area contributed by atoms with Gasteiger partial charge in [-0.05, 0) is 42.2 Å². The molecule has 22 heavy (non-hydrogen) atoms. The van der Waals surface area contributed by atoms with Gasteiger partial charge in [-0.1, -0.05) is 48.5 Å². The van der Waals surface area contributed by atoms with E-state index in [0.29, 0.717) is 0 Å². The van der Waals surface area contributed by atoms with Gasteiger partial charge in [0.1, 0.15) is 0 Å². The minimum atomic E-state index is -0.232. The molecule has 1 amide bonds. The topological polar surface area (TPSA) is 50.7 Å². The fraction of sp³-hybridized carbons (Fsp3) is 0.222. The first-order valence-electron chi connectivity index (χ1n) is 7.28. The van der Waals surface area contributed by atoms with Gasteiger partial charge in [-0.25, -0.2) is 0 Å². The summed E-state index contributed by atoms with van der Waals surface area (Å²) in [5.74, 6) is -0.232. The molecule has 0 radical (unpaired) electrons. The maximum absolute atomic E-state index is 11.7. The van der Waals surface area contributed by atoms with Crippen LogP contribution in [0.5, 0.6) is 0 Å². The predicted octanol–water partition coefficient (Wildman–Crippen LogP) is 3.55. The van der Waals surface area contributed by atoms with E-state index < -0.39 is 0 Å². The second-order valence-electron chi connectivity index (χ2n) is 5.02. The molecule has 0 saturated heterocycles. The largest absolute Gasteiger partial charge is 0.386 e. The van der Waals surface area contributed by atoms with Crippen LogP contribution in [0.3, 0.4) is 0 Å². The Bertz CT molecular complexity index is 648. The Kier molecular flexibility index (Phi) is 5.72. The lowest BCUT2D eigenvalue weighted by Gasteiger charge is -2.04. The smallest absolute Gasteiger partial charge is 0.265 e. The molecule has 0 aromatic heterocycles. The van der Waals surface area contributed by atoms with Gasteiger partial charge in [-0.2, -0.15) is 0 Å². The lowest BCUT2D eigenvalue weighted by Crippen LogP contribution is -2.16. The van der Waals surface area contributed by atoms with Gasteiger partial charge in [0.25, 0.3) is 5.91 Å². The minimum absolute atomic E-state index is 0.114. The van der Waals surface area contributed by atoms with Crippen LogP contribution >= 0.6 is 0 Å². The molecule has 0 aliphatic carbocycles. The van der Waals surface area contributed by atoms with Crippen molar-refractivity contribution >= 4 is 17.8 Å². The maximum atomic E-state index is 11.7. The monoisotopic (exact) mass is 296 g/mol. The molecule has 4 nitrogen and oxygen atoms in total. The number of carbonyl (C=O) groups excluding carboxylic acids is 1. The fourth-order valence-corrected chi connectivity index (χ4v) is 1.95. The molecule has 0 bridgehead atoms. The molecule has 2 rings (SSSR count). The number of anilines is 1. The average molecular weight is 296 g/mol. The van der Waals surface area contributed by atoms with Gasteiger partial charge < -0.3 is 10.2 Å². The second-order valence-corrected chi connectivity index (χ2v) is 5.02. The van der Waals surface area contributed by atoms with Crippen molar-refractivity contribution < 1.29 is 9.63 Å². The molecular weight excluding hydrogens is 276 g/mol. The highest BCUT2D eigenvalue weighted by molar-refractivity contribution is 5.91. The molecule has 0 saturated carbocycles. The molecule has 0 heterocycles. The summed E-state index contributed by atoms with van der Waals surface area (Å²) in [6.07, 6.45) is 2.60. The molecule has 0 aliphatic heterocycles. The van der Waals surface area contributed by atoms with Crippen molar-refractivity contribution in [3.63, 3.8) is 0 Å². The number of carbonyl (C=O) groups is 1. The molecule has 1 N–H and O–H groups in total. The quantitative estimate of drug-likeness (QED) is 0.654. The summed E-state index contributed by atoms with van der Waals surface area (Å²) < 4.78 is 0. The van der Waals surface area contributed by atoms with Gasteiger partial charge in [0.05, 0.1) is 6.21 Å². The Morgan fingerprint density at radius 3 is 2.68 bits per heavy atom. The van der Waals surface area contributed by atoms with Crippen LogP contribution in [0.25, 0.3) is 0 Å². The summed E-state index contributed by atoms with van der Waals surface area (Å²) >= 11 is 0. The van der Waals surface area contributed by atoms with Crippen molar-refractivity contribution in [2.24, 2.45) is 5.16 Å². The highest BCUT2D eigenvalue weighted by atomic mass is 16.6. The number of amides is 1. The predicted molar refractivity (Wildman–Crippen MR) is 89.2 cm³/mol. The number of oxime groups is 1. The second kappa shape index (κ2) is 7.98. The van der Waals surface area contributed by atoms with E-state index in [-0.39, 0.29) is 12.5 Å². The van der Waals surface area contributed by atoms with Crippen molar-refractivity contribution in [2.45, 2.75) is 20.3 Å². The molecule has 0 spiro atoms. The van der Waals surface area contributed by atoms with Gasteiger partial charge in [0.2, 0.25) is 0 Å². The van der Waals surface area contributed by atoms with E-state index in [1.54, 1.807) is 6.21 Å². The van der Waals surface area contributed by atoms with Gasteiger partial charge in [0, 0.05) is 5.69 Å². The highest BCUT2D eigenvalue weighted by Gasteiger charge is 2.02. The third-order valence-corrected chi connectivity index (χ3v) is 3.16. The first-order valence-corrected chi connectivity index (χ1v) is 7.28. The summed E-state index contributed by atoms with van der Waals surface area (Å²) in [4.78, 5) is 16.7. The van der Waals surface area contributed by atoms with Gasteiger partial charge in [0.15, 0.2) is 6.61 Å². The number of rotatable bonds is 6. The van der Waals surface area contributed by atoms with Crippen molar-refractivity contribution in [3.05, 3.63) is 65.2 Å². The molecule has 2 aromatic rings. The van der Waals surface area contributed by atoms with Crippen molar-refractivity contribution in [3.8, 4) is 0 Å². The van der Waals surface area contributed by atoms with E-state index >= 15 is 0 Å². The molecule has 2 aromatic carbocycles. The Morgan fingerprint density at radius 2 is 2.00 bits per heavy atom. The summed E-state index contributed by atoms with van der Waals surface area (Å²) in [5, 5.41) is 6.57. The average Bonchev–Trinajstić information content (AvgIpc) is 2.52. The molecule has 4 heteroatoms. The zero-order valence-electron chi connectivity index (χ0n) is 12.9. The van der Waals surface area contributed by atoms with Crippen LogP contribution in [0, 0.1) is 6.92 Å². The van der Waals surface area contributed by atoms with Crippen LogP contribution < -0.4 is 5.32 Å². The van der Waals surface area contributed by atoms with Crippen LogP contribution in [-0.2, 0) is 16.1 Å². The zero-order valence-corrected chi connectivity index (χ0v) is 12.9. The van der Waals surface area contributed by atoms with Crippen LogP contribution in [0.4, 0.5) is 5.69 Å². The van der Waals surface area contributed by atoms with Gasteiger partial charge >= 0.3 is 0 Å². The lowest BCUT2D eigenvalue weighted by atomic mass is 10.1. The van der Waals surface area contributed by atoms with Gasteiger partial charge in [-0.3, -0.25) is 4.79 Å².